The SMILES string of the molecule is CCS(=O)(=O)NCC1CCN(C[C@@H]2CCN(C(=O)OC(C)(C)C)C2)CC1. The molecule has 7 nitrogen and oxygen atoms in total. The zero-order valence-corrected chi connectivity index (χ0v) is 17.5. The van der Waals surface area contributed by atoms with E-state index in [4.69, 9.17) is 4.74 Å². The van der Waals surface area contributed by atoms with Crippen LogP contribution in [0.3, 0.4) is 0 Å². The first kappa shape index (κ1) is 21.4. The number of hydrogen-bond donors (Lipinski definition) is 1. The zero-order valence-electron chi connectivity index (χ0n) is 16.7. The minimum Gasteiger partial charge on any atom is -0.444 e. The van der Waals surface area contributed by atoms with Gasteiger partial charge in [-0.05, 0) is 71.9 Å². The Morgan fingerprint density at radius 3 is 2.31 bits per heavy atom. The van der Waals surface area contributed by atoms with Crippen LogP contribution in [0.1, 0.15) is 47.0 Å². The molecule has 0 unspecified atom stereocenters. The molecule has 0 radical (unpaired) electrons. The molecule has 1 N–H and O–H groups in total. The van der Waals surface area contributed by atoms with Crippen molar-refractivity contribution in [2.45, 2.75) is 52.6 Å². The molecule has 1 atom stereocenters. The van der Waals surface area contributed by atoms with E-state index in [-0.39, 0.29) is 11.8 Å². The molecule has 0 spiro atoms. The van der Waals surface area contributed by atoms with Gasteiger partial charge in [0, 0.05) is 26.2 Å². The maximum absolute atomic E-state index is 12.2. The third-order valence-corrected chi connectivity index (χ3v) is 6.50. The number of carbonyl (C=O) groups excluding carboxylic acids is 1. The lowest BCUT2D eigenvalue weighted by Crippen LogP contribution is -2.41. The Hall–Kier alpha value is -0.860. The van der Waals surface area contributed by atoms with Crippen molar-refractivity contribution in [2.24, 2.45) is 11.8 Å². The van der Waals surface area contributed by atoms with Crippen molar-refractivity contribution in [2.75, 3.05) is 45.0 Å². The molecule has 0 bridgehead atoms. The van der Waals surface area contributed by atoms with Crippen LogP contribution in [0.15, 0.2) is 0 Å². The van der Waals surface area contributed by atoms with E-state index in [0.29, 0.717) is 18.4 Å². The second-order valence-electron chi connectivity index (χ2n) is 8.58. The Balaban J connectivity index is 1.68. The third kappa shape index (κ3) is 7.04. The maximum Gasteiger partial charge on any atom is 0.410 e. The fraction of sp³-hybridized carbons (Fsp3) is 0.944. The highest BCUT2D eigenvalue weighted by Gasteiger charge is 2.31. The van der Waals surface area contributed by atoms with E-state index in [9.17, 15) is 13.2 Å². The second-order valence-corrected chi connectivity index (χ2v) is 10.7. The number of amides is 1. The summed E-state index contributed by atoms with van der Waals surface area (Å²) in [7, 11) is -3.09. The van der Waals surface area contributed by atoms with E-state index in [1.807, 2.05) is 25.7 Å². The van der Waals surface area contributed by atoms with Crippen molar-refractivity contribution < 1.29 is 17.9 Å². The molecular weight excluding hydrogens is 354 g/mol. The number of piperidine rings is 1. The molecule has 2 aliphatic heterocycles. The van der Waals surface area contributed by atoms with Gasteiger partial charge in [-0.2, -0.15) is 0 Å². The summed E-state index contributed by atoms with van der Waals surface area (Å²) in [6.07, 6.45) is 2.86. The number of nitrogens with zero attached hydrogens (tertiary/aromatic N) is 2. The number of ether oxygens (including phenoxy) is 1. The van der Waals surface area contributed by atoms with Crippen LogP contribution in [0.25, 0.3) is 0 Å². The number of hydrogen-bond acceptors (Lipinski definition) is 5. The Kier molecular flexibility index (Phi) is 7.33. The smallest absolute Gasteiger partial charge is 0.410 e. The molecule has 2 saturated heterocycles. The van der Waals surface area contributed by atoms with E-state index in [1.165, 1.54) is 0 Å². The predicted octanol–water partition coefficient (Wildman–Crippen LogP) is 1.89. The van der Waals surface area contributed by atoms with Crippen molar-refractivity contribution in [3.8, 4) is 0 Å². The van der Waals surface area contributed by atoms with Crippen molar-refractivity contribution >= 4 is 16.1 Å². The van der Waals surface area contributed by atoms with Crippen molar-refractivity contribution in [1.29, 1.82) is 0 Å². The van der Waals surface area contributed by atoms with Gasteiger partial charge < -0.3 is 14.5 Å². The summed E-state index contributed by atoms with van der Waals surface area (Å²) in [5.74, 6) is 1.06. The molecule has 8 heteroatoms. The fourth-order valence-corrected chi connectivity index (χ4v) is 4.25. The molecule has 0 aromatic heterocycles. The van der Waals surface area contributed by atoms with Crippen LogP contribution in [0.2, 0.25) is 0 Å². The monoisotopic (exact) mass is 389 g/mol. The summed E-state index contributed by atoms with van der Waals surface area (Å²) in [5.41, 5.74) is -0.448. The summed E-state index contributed by atoms with van der Waals surface area (Å²) >= 11 is 0. The maximum atomic E-state index is 12.2. The average Bonchev–Trinajstić information content (AvgIpc) is 3.01. The van der Waals surface area contributed by atoms with Crippen LogP contribution in [0.5, 0.6) is 0 Å². The van der Waals surface area contributed by atoms with Gasteiger partial charge in [-0.3, -0.25) is 0 Å². The lowest BCUT2D eigenvalue weighted by Gasteiger charge is -2.33. The summed E-state index contributed by atoms with van der Waals surface area (Å²) in [6, 6.07) is 0. The molecule has 0 saturated carbocycles. The molecular formula is C18H35N3O4S. The molecule has 0 aromatic carbocycles. The highest BCUT2D eigenvalue weighted by atomic mass is 32.2. The van der Waals surface area contributed by atoms with Crippen molar-refractivity contribution in [3.05, 3.63) is 0 Å². The summed E-state index contributed by atoms with van der Waals surface area (Å²) in [4.78, 5) is 16.4. The number of rotatable bonds is 6. The molecule has 2 heterocycles. The molecule has 2 fully saturated rings. The van der Waals surface area contributed by atoms with Crippen LogP contribution in [0.4, 0.5) is 4.79 Å². The lowest BCUT2D eigenvalue weighted by atomic mass is 9.96. The van der Waals surface area contributed by atoms with Gasteiger partial charge >= 0.3 is 6.09 Å². The lowest BCUT2D eigenvalue weighted by molar-refractivity contribution is 0.0284. The Morgan fingerprint density at radius 2 is 1.73 bits per heavy atom. The second kappa shape index (κ2) is 8.89. The van der Waals surface area contributed by atoms with Crippen LogP contribution in [0, 0.1) is 11.8 Å². The van der Waals surface area contributed by atoms with Crippen LogP contribution in [-0.4, -0.2) is 74.9 Å². The van der Waals surface area contributed by atoms with Gasteiger partial charge in [0.25, 0.3) is 0 Å². The third-order valence-electron chi connectivity index (χ3n) is 5.13. The Bertz CT molecular complexity index is 565. The van der Waals surface area contributed by atoms with Gasteiger partial charge in [-0.25, -0.2) is 17.9 Å². The fourth-order valence-electron chi connectivity index (χ4n) is 3.56. The van der Waals surface area contributed by atoms with Crippen LogP contribution in [-0.2, 0) is 14.8 Å². The highest BCUT2D eigenvalue weighted by molar-refractivity contribution is 7.89. The van der Waals surface area contributed by atoms with Crippen molar-refractivity contribution in [1.82, 2.24) is 14.5 Å². The van der Waals surface area contributed by atoms with Gasteiger partial charge in [0.1, 0.15) is 5.60 Å². The first-order valence-electron chi connectivity index (χ1n) is 9.75. The number of nitrogens with one attached hydrogen (secondary N) is 1. The molecule has 0 aromatic rings. The van der Waals surface area contributed by atoms with Crippen LogP contribution >= 0.6 is 0 Å². The van der Waals surface area contributed by atoms with Gasteiger partial charge in [0.05, 0.1) is 5.75 Å². The Morgan fingerprint density at radius 1 is 1.12 bits per heavy atom. The molecule has 2 aliphatic rings. The molecule has 1 amide bonds. The number of carbonyl (C=O) groups is 1. The van der Waals surface area contributed by atoms with E-state index in [1.54, 1.807) is 6.92 Å². The minimum atomic E-state index is -3.09. The van der Waals surface area contributed by atoms with Crippen molar-refractivity contribution in [3.63, 3.8) is 0 Å². The summed E-state index contributed by atoms with van der Waals surface area (Å²) in [5, 5.41) is 0. The predicted molar refractivity (Wildman–Crippen MR) is 103 cm³/mol. The number of sulfonamides is 1. The van der Waals surface area contributed by atoms with E-state index in [2.05, 4.69) is 9.62 Å². The Labute approximate surface area is 158 Å². The minimum absolute atomic E-state index is 0.141. The summed E-state index contributed by atoms with van der Waals surface area (Å²) in [6.45, 7) is 12.4. The highest BCUT2D eigenvalue weighted by Crippen LogP contribution is 2.23. The standard InChI is InChI=1S/C18H35N3O4S/c1-5-26(23,24)19-12-15-6-9-20(10-7-15)13-16-8-11-21(14-16)17(22)25-18(2,3)4/h15-16,19H,5-14H2,1-4H3/t16-/m0/s1. The van der Waals surface area contributed by atoms with Gasteiger partial charge in [0.2, 0.25) is 10.0 Å². The van der Waals surface area contributed by atoms with E-state index in [0.717, 1.165) is 52.0 Å². The molecule has 152 valence electrons. The van der Waals surface area contributed by atoms with E-state index >= 15 is 0 Å². The van der Waals surface area contributed by atoms with Gasteiger partial charge in [-0.1, -0.05) is 0 Å². The topological polar surface area (TPSA) is 79.0 Å². The van der Waals surface area contributed by atoms with Gasteiger partial charge in [-0.15, -0.1) is 0 Å². The average molecular weight is 390 g/mol. The van der Waals surface area contributed by atoms with Gasteiger partial charge in [0.15, 0.2) is 0 Å². The largest absolute Gasteiger partial charge is 0.444 e. The van der Waals surface area contributed by atoms with Crippen LogP contribution < -0.4 is 4.72 Å². The van der Waals surface area contributed by atoms with E-state index < -0.39 is 15.6 Å². The quantitative estimate of drug-likeness (QED) is 0.750. The molecule has 2 rings (SSSR count). The zero-order chi connectivity index (χ0) is 19.4. The number of likely N-dealkylation sites (tertiary alicyclic amines) is 2. The normalized spacial score (nSPS) is 23.4. The summed E-state index contributed by atoms with van der Waals surface area (Å²) < 4.78 is 31.2. The first-order chi connectivity index (χ1) is 12.1. The molecule has 26 heavy (non-hydrogen) atoms. The first-order valence-corrected chi connectivity index (χ1v) is 11.4. The molecule has 0 aliphatic carbocycles.